The molecule has 0 radical (unpaired) electrons. The van der Waals surface area contributed by atoms with Gasteiger partial charge in [-0.15, -0.1) is 0 Å². The van der Waals surface area contributed by atoms with Crippen molar-refractivity contribution in [3.63, 3.8) is 0 Å². The van der Waals surface area contributed by atoms with Crippen LogP contribution in [0.1, 0.15) is 34.1 Å². The maximum atomic E-state index is 12.3. The second-order valence-corrected chi connectivity index (χ2v) is 12.9. The molecule has 43 heavy (non-hydrogen) atoms. The zero-order valence-electron chi connectivity index (χ0n) is 24.5. The molecule has 9 rings (SSSR count). The summed E-state index contributed by atoms with van der Waals surface area (Å²) in [5.41, 5.74) is 14.6. The zero-order valence-corrected chi connectivity index (χ0v) is 24.5. The highest BCUT2D eigenvalue weighted by Gasteiger charge is 2.53. The molecule has 5 heteroatoms. The van der Waals surface area contributed by atoms with Gasteiger partial charge in [-0.2, -0.15) is 0 Å². The van der Waals surface area contributed by atoms with Crippen molar-refractivity contribution in [3.8, 4) is 0 Å². The molecule has 3 aliphatic rings. The number of nitrogens with two attached hydrogens (primary N) is 1. The molecule has 0 amide bonds. The van der Waals surface area contributed by atoms with Crippen molar-refractivity contribution in [1.29, 1.82) is 0 Å². The van der Waals surface area contributed by atoms with Crippen LogP contribution in [0.5, 0.6) is 0 Å². The molecule has 214 valence electrons. The van der Waals surface area contributed by atoms with E-state index in [9.17, 15) is 10.2 Å². The van der Waals surface area contributed by atoms with Crippen LogP contribution in [0.2, 0.25) is 0 Å². The Kier molecular flexibility index (Phi) is 5.19. The van der Waals surface area contributed by atoms with E-state index in [2.05, 4.69) is 84.6 Å². The highest BCUT2D eigenvalue weighted by atomic mass is 16.3. The molecule has 2 heterocycles. The van der Waals surface area contributed by atoms with Gasteiger partial charge in [0.05, 0.1) is 23.6 Å². The summed E-state index contributed by atoms with van der Waals surface area (Å²) in [6, 6.07) is 27.6. The van der Waals surface area contributed by atoms with E-state index in [0.717, 1.165) is 64.3 Å². The standard InChI is InChI=1S/C38H35N3O2/c1-40(2)35-23-11-4-3-10-22(23)32(31-26(35)14-7-15-27(31)39)34-37(42)33(38(34)43)30-24-12-5-8-20-16-18-41-19-17-21-9-6-13-25(30)29(21)36(41)28(20)24/h3-15,33-34,37-38,42-43H,16-19,39H2,1-2H3. The number of aliphatic hydroxyl groups excluding tert-OH is 2. The van der Waals surface area contributed by atoms with Gasteiger partial charge in [0, 0.05) is 71.6 Å². The summed E-state index contributed by atoms with van der Waals surface area (Å²) >= 11 is 0. The zero-order chi connectivity index (χ0) is 29.1. The van der Waals surface area contributed by atoms with Crippen LogP contribution in [0.3, 0.4) is 0 Å². The number of nitrogens with zero attached hydrogens (tertiary/aromatic N) is 2. The molecular formula is C38H35N3O2. The Bertz CT molecular complexity index is 2070. The maximum absolute atomic E-state index is 12.3. The minimum Gasteiger partial charge on any atom is -0.398 e. The third-order valence-corrected chi connectivity index (χ3v) is 10.7. The molecule has 5 nitrogen and oxygen atoms in total. The van der Waals surface area contributed by atoms with Crippen LogP contribution in [0, 0.1) is 0 Å². The topological polar surface area (TPSA) is 73.0 Å². The van der Waals surface area contributed by atoms with Gasteiger partial charge in [0.15, 0.2) is 0 Å². The van der Waals surface area contributed by atoms with Crippen LogP contribution in [-0.4, -0.2) is 49.6 Å². The Balaban J connectivity index is 1.30. The summed E-state index contributed by atoms with van der Waals surface area (Å²) in [6.45, 7) is 2.08. The first-order valence-corrected chi connectivity index (χ1v) is 15.5. The van der Waals surface area contributed by atoms with Gasteiger partial charge < -0.3 is 25.7 Å². The van der Waals surface area contributed by atoms with Crippen molar-refractivity contribution in [2.45, 2.75) is 36.9 Å². The lowest BCUT2D eigenvalue weighted by molar-refractivity contribution is -0.0765. The molecule has 0 saturated heterocycles. The smallest absolute Gasteiger partial charge is 0.0728 e. The molecule has 0 bridgehead atoms. The second-order valence-electron chi connectivity index (χ2n) is 12.9. The highest BCUT2D eigenvalue weighted by Crippen LogP contribution is 2.57. The molecule has 1 fully saturated rings. The normalized spacial score (nSPS) is 22.6. The maximum Gasteiger partial charge on any atom is 0.0728 e. The molecular weight excluding hydrogens is 530 g/mol. The van der Waals surface area contributed by atoms with Crippen molar-refractivity contribution < 1.29 is 10.2 Å². The minimum absolute atomic E-state index is 0.408. The molecule has 6 aromatic rings. The van der Waals surface area contributed by atoms with Gasteiger partial charge in [-0.05, 0) is 57.3 Å². The lowest BCUT2D eigenvalue weighted by atomic mass is 9.60. The molecule has 1 aliphatic carbocycles. The quantitative estimate of drug-likeness (QED) is 0.170. The summed E-state index contributed by atoms with van der Waals surface area (Å²) in [4.78, 5) is 4.69. The van der Waals surface area contributed by atoms with Crippen molar-refractivity contribution in [2.75, 3.05) is 42.7 Å². The van der Waals surface area contributed by atoms with Crippen LogP contribution in [0.4, 0.5) is 17.1 Å². The van der Waals surface area contributed by atoms with Gasteiger partial charge >= 0.3 is 0 Å². The summed E-state index contributed by atoms with van der Waals surface area (Å²) < 4.78 is 0. The van der Waals surface area contributed by atoms with Crippen LogP contribution >= 0.6 is 0 Å². The summed E-state index contributed by atoms with van der Waals surface area (Å²) in [7, 11) is 4.11. The fourth-order valence-electron chi connectivity index (χ4n) is 8.91. The van der Waals surface area contributed by atoms with Gasteiger partial charge in [0.1, 0.15) is 0 Å². The van der Waals surface area contributed by atoms with Crippen LogP contribution in [0.25, 0.3) is 43.1 Å². The lowest BCUT2D eigenvalue weighted by Crippen LogP contribution is -2.52. The average molecular weight is 566 g/mol. The Morgan fingerprint density at radius 3 is 1.79 bits per heavy atom. The highest BCUT2D eigenvalue weighted by molar-refractivity contribution is 6.19. The SMILES string of the molecule is CN(C)c1c2ccccc2c(C2C(O)C(c3c4cccc5c4c4c6c(cccc36)CCN4CC5)C2O)c2c(N)cccc12. The number of nitrogen functional groups attached to an aromatic ring is 1. The number of hydrogen-bond donors (Lipinski definition) is 3. The number of fused-ring (bicyclic) bond motifs is 2. The number of hydrogen-bond acceptors (Lipinski definition) is 5. The van der Waals surface area contributed by atoms with E-state index in [0.29, 0.717) is 5.69 Å². The fourth-order valence-corrected chi connectivity index (χ4v) is 8.91. The van der Waals surface area contributed by atoms with E-state index >= 15 is 0 Å². The van der Waals surface area contributed by atoms with Gasteiger partial charge in [0.2, 0.25) is 0 Å². The Morgan fingerprint density at radius 1 is 0.628 bits per heavy atom. The summed E-state index contributed by atoms with van der Waals surface area (Å²) in [6.07, 6.45) is 0.507. The third kappa shape index (κ3) is 3.19. The first-order valence-electron chi connectivity index (χ1n) is 15.5. The Hall–Kier alpha value is -4.32. The van der Waals surface area contributed by atoms with Gasteiger partial charge in [0.25, 0.3) is 0 Å². The van der Waals surface area contributed by atoms with Crippen molar-refractivity contribution in [1.82, 2.24) is 0 Å². The Morgan fingerprint density at radius 2 is 1.16 bits per heavy atom. The number of rotatable bonds is 3. The first kappa shape index (κ1) is 25.2. The molecule has 4 N–H and O–H groups in total. The molecule has 1 saturated carbocycles. The van der Waals surface area contributed by atoms with E-state index in [1.807, 2.05) is 18.2 Å². The van der Waals surface area contributed by atoms with Crippen LogP contribution < -0.4 is 15.5 Å². The predicted octanol–water partition coefficient (Wildman–Crippen LogP) is 6.47. The lowest BCUT2D eigenvalue weighted by Gasteiger charge is -2.49. The molecule has 6 aromatic carbocycles. The van der Waals surface area contributed by atoms with E-state index in [1.54, 1.807) is 0 Å². The van der Waals surface area contributed by atoms with Crippen LogP contribution in [0.15, 0.2) is 78.9 Å². The number of aliphatic hydroxyl groups is 2. The van der Waals surface area contributed by atoms with Gasteiger partial charge in [-0.25, -0.2) is 0 Å². The molecule has 2 atom stereocenters. The summed E-state index contributed by atoms with van der Waals surface area (Å²) in [5.74, 6) is -0.874. The van der Waals surface area contributed by atoms with E-state index in [4.69, 9.17) is 5.73 Å². The fraction of sp³-hybridized carbons (Fsp3) is 0.263. The predicted molar refractivity (Wildman–Crippen MR) is 179 cm³/mol. The monoisotopic (exact) mass is 565 g/mol. The van der Waals surface area contributed by atoms with E-state index < -0.39 is 24.0 Å². The number of anilines is 3. The largest absolute Gasteiger partial charge is 0.398 e. The molecule has 2 aliphatic heterocycles. The van der Waals surface area contributed by atoms with Crippen molar-refractivity contribution >= 4 is 60.2 Å². The van der Waals surface area contributed by atoms with Crippen LogP contribution in [-0.2, 0) is 12.8 Å². The third-order valence-electron chi connectivity index (χ3n) is 10.7. The second kappa shape index (κ2) is 8.85. The molecule has 0 spiro atoms. The summed E-state index contributed by atoms with van der Waals surface area (Å²) in [5, 5.41) is 33.6. The Labute approximate surface area is 250 Å². The van der Waals surface area contributed by atoms with Gasteiger partial charge in [-0.1, -0.05) is 72.8 Å². The molecule has 0 aromatic heterocycles. The van der Waals surface area contributed by atoms with Crippen molar-refractivity contribution in [3.05, 3.63) is 101 Å². The molecule has 2 unspecified atom stereocenters. The van der Waals surface area contributed by atoms with Crippen molar-refractivity contribution in [2.24, 2.45) is 0 Å². The number of benzene rings is 6. The average Bonchev–Trinajstić information content (AvgIpc) is 3.02. The van der Waals surface area contributed by atoms with E-state index in [1.165, 1.54) is 38.4 Å². The van der Waals surface area contributed by atoms with E-state index in [-0.39, 0.29) is 0 Å². The minimum atomic E-state index is -0.766. The first-order chi connectivity index (χ1) is 21.0. The van der Waals surface area contributed by atoms with Gasteiger partial charge in [-0.3, -0.25) is 0 Å².